The molecule has 1 aliphatic carbocycles. The Hall–Kier alpha value is -1.42. The van der Waals surface area contributed by atoms with Crippen LogP contribution < -0.4 is 0 Å². The van der Waals surface area contributed by atoms with Crippen molar-refractivity contribution in [3.63, 3.8) is 0 Å². The van der Waals surface area contributed by atoms with Crippen molar-refractivity contribution >= 4 is 9.84 Å². The molecule has 0 aromatic heterocycles. The molecule has 2 unspecified atom stereocenters. The van der Waals surface area contributed by atoms with Crippen LogP contribution in [0.15, 0.2) is 29.2 Å². The van der Waals surface area contributed by atoms with Gasteiger partial charge in [-0.2, -0.15) is 5.26 Å². The summed E-state index contributed by atoms with van der Waals surface area (Å²) in [6, 6.07) is 8.27. The summed E-state index contributed by atoms with van der Waals surface area (Å²) in [5.41, 5.74) is 0.490. The third-order valence-electron chi connectivity index (χ3n) is 6.18. The maximum atomic E-state index is 12.5. The summed E-state index contributed by atoms with van der Waals surface area (Å²) in [5, 5.41) is 8.84. The highest BCUT2D eigenvalue weighted by Gasteiger charge is 2.35. The minimum absolute atomic E-state index is 0.179. The van der Waals surface area contributed by atoms with Crippen LogP contribution in [-0.4, -0.2) is 63.2 Å². The van der Waals surface area contributed by atoms with Gasteiger partial charge in [-0.1, -0.05) is 0 Å². The van der Waals surface area contributed by atoms with Crippen LogP contribution in [0.5, 0.6) is 0 Å². The Labute approximate surface area is 162 Å². The Bertz CT molecular complexity index is 782. The average Bonchev–Trinajstić information content (AvgIpc) is 3.45. The summed E-state index contributed by atoms with van der Waals surface area (Å²) in [4.78, 5) is 5.50. The lowest BCUT2D eigenvalue weighted by molar-refractivity contribution is 0.0295. The van der Waals surface area contributed by atoms with Gasteiger partial charge in [0, 0.05) is 32.7 Å². The molecule has 6 heteroatoms. The van der Waals surface area contributed by atoms with Crippen LogP contribution in [-0.2, 0) is 9.84 Å². The van der Waals surface area contributed by atoms with Crippen molar-refractivity contribution in [3.05, 3.63) is 29.8 Å². The number of sulfone groups is 1. The second-order valence-corrected chi connectivity index (χ2v) is 10.8. The third-order valence-corrected chi connectivity index (χ3v) is 7.99. The number of hydrogen-bond acceptors (Lipinski definition) is 5. The van der Waals surface area contributed by atoms with Crippen molar-refractivity contribution in [2.75, 3.05) is 45.0 Å². The second kappa shape index (κ2) is 7.90. The zero-order valence-corrected chi connectivity index (χ0v) is 16.7. The number of nitriles is 1. The summed E-state index contributed by atoms with van der Waals surface area (Å²) in [6.07, 6.45) is 4.87. The van der Waals surface area contributed by atoms with Gasteiger partial charge >= 0.3 is 0 Å². The number of rotatable bonds is 7. The highest BCUT2D eigenvalue weighted by molar-refractivity contribution is 7.91. The molecular weight excluding hydrogens is 358 g/mol. The van der Waals surface area contributed by atoms with Crippen molar-refractivity contribution in [2.45, 2.75) is 30.6 Å². The number of fused-ring (bicyclic) bond motifs is 2. The Morgan fingerprint density at radius 3 is 2.22 bits per heavy atom. The van der Waals surface area contributed by atoms with Gasteiger partial charge in [-0.25, -0.2) is 8.42 Å². The molecule has 5 nitrogen and oxygen atoms in total. The monoisotopic (exact) mass is 387 g/mol. The summed E-state index contributed by atoms with van der Waals surface area (Å²) >= 11 is 0. The molecule has 1 aromatic carbocycles. The van der Waals surface area contributed by atoms with Gasteiger partial charge in [-0.3, -0.25) is 0 Å². The van der Waals surface area contributed by atoms with E-state index in [4.69, 9.17) is 5.26 Å². The fourth-order valence-electron chi connectivity index (χ4n) is 4.82. The Kier molecular flexibility index (Phi) is 5.54. The zero-order chi connectivity index (χ0) is 18.9. The average molecular weight is 388 g/mol. The lowest BCUT2D eigenvalue weighted by atomic mass is 9.84. The van der Waals surface area contributed by atoms with Crippen LogP contribution in [0.25, 0.3) is 0 Å². The summed E-state index contributed by atoms with van der Waals surface area (Å²) < 4.78 is 25.0. The van der Waals surface area contributed by atoms with E-state index in [9.17, 15) is 8.42 Å². The van der Waals surface area contributed by atoms with E-state index in [1.54, 1.807) is 24.3 Å². The molecular formula is C21H29N3O2S. The quantitative estimate of drug-likeness (QED) is 0.719. The van der Waals surface area contributed by atoms with E-state index < -0.39 is 9.84 Å². The van der Waals surface area contributed by atoms with Crippen molar-refractivity contribution in [1.29, 1.82) is 5.26 Å². The number of piperidine rings is 2. The maximum absolute atomic E-state index is 12.5. The molecule has 2 saturated heterocycles. The normalized spacial score (nSPS) is 26.6. The van der Waals surface area contributed by atoms with E-state index in [1.165, 1.54) is 38.9 Å². The first kappa shape index (κ1) is 18.9. The number of hydrogen-bond donors (Lipinski definition) is 0. The van der Waals surface area contributed by atoms with Gasteiger partial charge < -0.3 is 9.80 Å². The van der Waals surface area contributed by atoms with Crippen LogP contribution >= 0.6 is 0 Å². The first-order chi connectivity index (χ1) is 13.0. The van der Waals surface area contributed by atoms with E-state index in [0.29, 0.717) is 16.9 Å². The molecule has 2 aliphatic heterocycles. The van der Waals surface area contributed by atoms with Gasteiger partial charge in [-0.15, -0.1) is 0 Å². The molecule has 146 valence electrons. The number of nitrogens with zero attached hydrogens (tertiary/aromatic N) is 3. The molecule has 0 spiro atoms. The first-order valence-corrected chi connectivity index (χ1v) is 11.8. The smallest absolute Gasteiger partial charge is 0.178 e. The van der Waals surface area contributed by atoms with Gasteiger partial charge in [0.05, 0.1) is 22.3 Å². The minimum Gasteiger partial charge on any atom is -0.303 e. The van der Waals surface area contributed by atoms with Crippen LogP contribution in [0.3, 0.4) is 0 Å². The molecule has 0 amide bonds. The fourth-order valence-corrected chi connectivity index (χ4v) is 6.12. The van der Waals surface area contributed by atoms with Crippen LogP contribution in [0.4, 0.5) is 0 Å². The maximum Gasteiger partial charge on any atom is 0.178 e. The Morgan fingerprint density at radius 1 is 1.00 bits per heavy atom. The van der Waals surface area contributed by atoms with Crippen LogP contribution in [0.2, 0.25) is 0 Å². The summed E-state index contributed by atoms with van der Waals surface area (Å²) in [5.74, 6) is 2.66. The molecule has 3 aliphatic rings. The third kappa shape index (κ3) is 4.90. The standard InChI is InChI=1S/C21H29N3O2S/c22-11-17-4-6-21(7-5-17)27(25,26)9-1-8-23-13-19-10-20(14-23)16-24(15-19)12-18-2-3-18/h4-7,18-20H,1-3,8-10,12-16H2. The highest BCUT2D eigenvalue weighted by Crippen LogP contribution is 2.34. The Morgan fingerprint density at radius 2 is 1.63 bits per heavy atom. The van der Waals surface area contributed by atoms with E-state index in [1.807, 2.05) is 6.07 Å². The Balaban J connectivity index is 1.25. The van der Waals surface area contributed by atoms with Gasteiger partial charge in [0.2, 0.25) is 0 Å². The zero-order valence-electron chi connectivity index (χ0n) is 15.9. The summed E-state index contributed by atoms with van der Waals surface area (Å²) in [7, 11) is -3.26. The van der Waals surface area contributed by atoms with Gasteiger partial charge in [0.1, 0.15) is 0 Å². The molecule has 4 rings (SSSR count). The number of likely N-dealkylation sites (tertiary alicyclic amines) is 2. The van der Waals surface area contributed by atoms with E-state index in [2.05, 4.69) is 9.80 Å². The van der Waals surface area contributed by atoms with Gasteiger partial charge in [0.25, 0.3) is 0 Å². The van der Waals surface area contributed by atoms with Gasteiger partial charge in [-0.05, 0) is 74.2 Å². The van der Waals surface area contributed by atoms with E-state index >= 15 is 0 Å². The molecule has 2 heterocycles. The van der Waals surface area contributed by atoms with Gasteiger partial charge in [0.15, 0.2) is 9.84 Å². The molecule has 0 N–H and O–H groups in total. The first-order valence-electron chi connectivity index (χ1n) is 10.2. The lowest BCUT2D eigenvalue weighted by Crippen LogP contribution is -2.53. The number of benzene rings is 1. The fraction of sp³-hybridized carbons (Fsp3) is 0.667. The molecule has 27 heavy (non-hydrogen) atoms. The lowest BCUT2D eigenvalue weighted by Gasteiger charge is -2.46. The van der Waals surface area contributed by atoms with Crippen LogP contribution in [0.1, 0.15) is 31.2 Å². The van der Waals surface area contributed by atoms with Crippen LogP contribution in [0, 0.1) is 29.1 Å². The molecule has 2 atom stereocenters. The largest absolute Gasteiger partial charge is 0.303 e. The summed E-state index contributed by atoms with van der Waals surface area (Å²) in [6.45, 7) is 6.87. The molecule has 3 fully saturated rings. The second-order valence-electron chi connectivity index (χ2n) is 8.70. The minimum atomic E-state index is -3.26. The van der Waals surface area contributed by atoms with Crippen molar-refractivity contribution < 1.29 is 8.42 Å². The highest BCUT2D eigenvalue weighted by atomic mass is 32.2. The molecule has 0 radical (unpaired) electrons. The molecule has 2 bridgehead atoms. The predicted octanol–water partition coefficient (Wildman–Crippen LogP) is 2.39. The van der Waals surface area contributed by atoms with Crippen molar-refractivity contribution in [2.24, 2.45) is 17.8 Å². The SMILES string of the molecule is N#Cc1ccc(S(=O)(=O)CCCN2CC3CC(C2)CN(CC2CC2)C3)cc1. The van der Waals surface area contributed by atoms with E-state index in [-0.39, 0.29) is 5.75 Å². The topological polar surface area (TPSA) is 64.4 Å². The van der Waals surface area contributed by atoms with Crippen molar-refractivity contribution in [1.82, 2.24) is 9.80 Å². The van der Waals surface area contributed by atoms with Crippen molar-refractivity contribution in [3.8, 4) is 6.07 Å². The molecule has 1 aromatic rings. The van der Waals surface area contributed by atoms with E-state index in [0.717, 1.165) is 37.4 Å². The predicted molar refractivity (Wildman–Crippen MR) is 105 cm³/mol. The molecule has 1 saturated carbocycles.